The lowest BCUT2D eigenvalue weighted by molar-refractivity contribution is 0.264. The molecule has 0 aliphatic rings. The van der Waals surface area contributed by atoms with E-state index in [0.29, 0.717) is 18.8 Å². The van der Waals surface area contributed by atoms with Crippen molar-refractivity contribution in [1.29, 1.82) is 5.26 Å². The van der Waals surface area contributed by atoms with Crippen LogP contribution in [0.2, 0.25) is 0 Å². The second kappa shape index (κ2) is 7.39. The SMILES string of the molecule is N#Cc1ncccc1CN(CCN)Cc1ccccc1. The van der Waals surface area contributed by atoms with Gasteiger partial charge in [-0.15, -0.1) is 0 Å². The van der Waals surface area contributed by atoms with E-state index < -0.39 is 0 Å². The van der Waals surface area contributed by atoms with E-state index in [-0.39, 0.29) is 0 Å². The van der Waals surface area contributed by atoms with Crippen molar-refractivity contribution >= 4 is 0 Å². The molecule has 0 spiro atoms. The molecule has 2 aromatic rings. The molecule has 20 heavy (non-hydrogen) atoms. The summed E-state index contributed by atoms with van der Waals surface area (Å²) < 4.78 is 0. The van der Waals surface area contributed by atoms with Crippen molar-refractivity contribution in [2.24, 2.45) is 5.73 Å². The van der Waals surface area contributed by atoms with E-state index in [1.54, 1.807) is 6.20 Å². The van der Waals surface area contributed by atoms with Gasteiger partial charge in [-0.2, -0.15) is 5.26 Å². The number of nitrogens with zero attached hydrogens (tertiary/aromatic N) is 3. The van der Waals surface area contributed by atoms with Gasteiger partial charge in [-0.3, -0.25) is 4.90 Å². The monoisotopic (exact) mass is 266 g/mol. The number of nitrogens with two attached hydrogens (primary N) is 1. The van der Waals surface area contributed by atoms with Crippen LogP contribution in [0.5, 0.6) is 0 Å². The number of rotatable bonds is 6. The molecular formula is C16H18N4. The molecule has 1 heterocycles. The van der Waals surface area contributed by atoms with Gasteiger partial charge in [0.15, 0.2) is 0 Å². The van der Waals surface area contributed by atoms with Gasteiger partial charge < -0.3 is 5.73 Å². The van der Waals surface area contributed by atoms with E-state index in [1.165, 1.54) is 5.56 Å². The molecular weight excluding hydrogens is 248 g/mol. The van der Waals surface area contributed by atoms with E-state index in [2.05, 4.69) is 28.1 Å². The van der Waals surface area contributed by atoms with Crippen molar-refractivity contribution in [3.8, 4) is 6.07 Å². The largest absolute Gasteiger partial charge is 0.329 e. The Bertz CT molecular complexity index is 575. The molecule has 0 aliphatic heterocycles. The summed E-state index contributed by atoms with van der Waals surface area (Å²) in [4.78, 5) is 6.33. The van der Waals surface area contributed by atoms with E-state index in [1.807, 2.05) is 30.3 Å². The van der Waals surface area contributed by atoms with E-state index in [0.717, 1.165) is 18.7 Å². The Hall–Kier alpha value is -2.22. The minimum absolute atomic E-state index is 0.489. The van der Waals surface area contributed by atoms with Crippen molar-refractivity contribution in [3.05, 3.63) is 65.5 Å². The molecule has 102 valence electrons. The maximum absolute atomic E-state index is 9.10. The zero-order chi connectivity index (χ0) is 14.2. The fourth-order valence-electron chi connectivity index (χ4n) is 2.15. The molecule has 0 atom stereocenters. The molecule has 2 rings (SSSR count). The van der Waals surface area contributed by atoms with Crippen LogP contribution in [0.3, 0.4) is 0 Å². The topological polar surface area (TPSA) is 65.9 Å². The maximum Gasteiger partial charge on any atom is 0.144 e. The van der Waals surface area contributed by atoms with Gasteiger partial charge >= 0.3 is 0 Å². The molecule has 0 unspecified atom stereocenters. The average Bonchev–Trinajstić information content (AvgIpc) is 2.49. The molecule has 1 aromatic heterocycles. The van der Waals surface area contributed by atoms with Gasteiger partial charge in [0.05, 0.1) is 0 Å². The van der Waals surface area contributed by atoms with Crippen LogP contribution in [0.4, 0.5) is 0 Å². The summed E-state index contributed by atoms with van der Waals surface area (Å²) in [5.41, 5.74) is 8.36. The Morgan fingerprint density at radius 2 is 1.90 bits per heavy atom. The first-order chi connectivity index (χ1) is 9.83. The van der Waals surface area contributed by atoms with Crippen LogP contribution in [0.25, 0.3) is 0 Å². The summed E-state index contributed by atoms with van der Waals surface area (Å²) in [6, 6.07) is 16.2. The van der Waals surface area contributed by atoms with E-state index in [4.69, 9.17) is 11.0 Å². The van der Waals surface area contributed by atoms with Crippen LogP contribution in [0, 0.1) is 11.3 Å². The van der Waals surface area contributed by atoms with E-state index in [9.17, 15) is 0 Å². The summed E-state index contributed by atoms with van der Waals surface area (Å²) in [6.07, 6.45) is 1.65. The summed E-state index contributed by atoms with van der Waals surface area (Å²) in [5.74, 6) is 0. The molecule has 0 bridgehead atoms. The Morgan fingerprint density at radius 1 is 1.10 bits per heavy atom. The number of nitriles is 1. The summed E-state index contributed by atoms with van der Waals surface area (Å²) in [6.45, 7) is 2.88. The molecule has 0 aliphatic carbocycles. The minimum Gasteiger partial charge on any atom is -0.329 e. The number of hydrogen-bond donors (Lipinski definition) is 1. The van der Waals surface area contributed by atoms with Gasteiger partial charge in [0, 0.05) is 37.9 Å². The fourth-order valence-corrected chi connectivity index (χ4v) is 2.15. The first-order valence-electron chi connectivity index (χ1n) is 6.64. The zero-order valence-corrected chi connectivity index (χ0v) is 11.4. The Morgan fingerprint density at radius 3 is 2.60 bits per heavy atom. The highest BCUT2D eigenvalue weighted by molar-refractivity contribution is 5.30. The van der Waals surface area contributed by atoms with Crippen molar-refractivity contribution in [3.63, 3.8) is 0 Å². The lowest BCUT2D eigenvalue weighted by atomic mass is 10.1. The van der Waals surface area contributed by atoms with Crippen LogP contribution in [-0.4, -0.2) is 23.0 Å². The number of hydrogen-bond acceptors (Lipinski definition) is 4. The van der Waals surface area contributed by atoms with Gasteiger partial charge in [-0.1, -0.05) is 36.4 Å². The third-order valence-corrected chi connectivity index (χ3v) is 3.09. The number of aromatic nitrogens is 1. The first-order valence-corrected chi connectivity index (χ1v) is 6.64. The third kappa shape index (κ3) is 3.89. The van der Waals surface area contributed by atoms with Crippen LogP contribution < -0.4 is 5.73 Å². The molecule has 2 N–H and O–H groups in total. The van der Waals surface area contributed by atoms with Crippen molar-refractivity contribution in [2.45, 2.75) is 13.1 Å². The lowest BCUT2D eigenvalue weighted by Crippen LogP contribution is -2.29. The Balaban J connectivity index is 2.11. The average molecular weight is 266 g/mol. The quantitative estimate of drug-likeness (QED) is 0.867. The van der Waals surface area contributed by atoms with Crippen molar-refractivity contribution < 1.29 is 0 Å². The lowest BCUT2D eigenvalue weighted by Gasteiger charge is -2.22. The second-order valence-corrected chi connectivity index (χ2v) is 4.61. The number of benzene rings is 1. The summed E-state index contributed by atoms with van der Waals surface area (Å²) in [5, 5.41) is 9.10. The molecule has 4 heteroatoms. The second-order valence-electron chi connectivity index (χ2n) is 4.61. The van der Waals surface area contributed by atoms with Crippen LogP contribution in [-0.2, 0) is 13.1 Å². The van der Waals surface area contributed by atoms with Crippen LogP contribution in [0.15, 0.2) is 48.7 Å². The van der Waals surface area contributed by atoms with Crippen molar-refractivity contribution in [2.75, 3.05) is 13.1 Å². The summed E-state index contributed by atoms with van der Waals surface area (Å²) >= 11 is 0. The predicted octanol–water partition coefficient (Wildman–Crippen LogP) is 1.91. The molecule has 4 nitrogen and oxygen atoms in total. The van der Waals surface area contributed by atoms with Gasteiger partial charge in [0.1, 0.15) is 11.8 Å². The molecule has 0 amide bonds. The Kier molecular flexibility index (Phi) is 5.24. The highest BCUT2D eigenvalue weighted by Crippen LogP contribution is 2.11. The van der Waals surface area contributed by atoms with Crippen LogP contribution >= 0.6 is 0 Å². The molecule has 0 fully saturated rings. The van der Waals surface area contributed by atoms with Gasteiger partial charge in [0.25, 0.3) is 0 Å². The fraction of sp³-hybridized carbons (Fsp3) is 0.250. The smallest absolute Gasteiger partial charge is 0.144 e. The molecule has 1 aromatic carbocycles. The maximum atomic E-state index is 9.10. The highest BCUT2D eigenvalue weighted by atomic mass is 15.1. The molecule has 0 radical (unpaired) electrons. The highest BCUT2D eigenvalue weighted by Gasteiger charge is 2.09. The normalized spacial score (nSPS) is 10.4. The first kappa shape index (κ1) is 14.2. The van der Waals surface area contributed by atoms with E-state index >= 15 is 0 Å². The van der Waals surface area contributed by atoms with Gasteiger partial charge in [-0.25, -0.2) is 4.98 Å². The van der Waals surface area contributed by atoms with Gasteiger partial charge in [0.2, 0.25) is 0 Å². The number of pyridine rings is 1. The minimum atomic E-state index is 0.489. The Labute approximate surface area is 119 Å². The zero-order valence-electron chi connectivity index (χ0n) is 11.4. The molecule has 0 saturated heterocycles. The molecule has 0 saturated carbocycles. The van der Waals surface area contributed by atoms with Crippen LogP contribution in [0.1, 0.15) is 16.8 Å². The third-order valence-electron chi connectivity index (χ3n) is 3.09. The standard InChI is InChI=1S/C16H18N4/c17-8-10-20(12-14-5-2-1-3-6-14)13-15-7-4-9-19-16(15)11-18/h1-7,9H,8,10,12-13,17H2. The van der Waals surface area contributed by atoms with Gasteiger partial charge in [-0.05, 0) is 11.6 Å². The predicted molar refractivity (Wildman–Crippen MR) is 78.6 cm³/mol. The van der Waals surface area contributed by atoms with Crippen molar-refractivity contribution in [1.82, 2.24) is 9.88 Å². The summed E-state index contributed by atoms with van der Waals surface area (Å²) in [7, 11) is 0.